The number of hydrazone groups is 1. The molecule has 0 fully saturated rings. The molecule has 0 bridgehead atoms. The van der Waals surface area contributed by atoms with Crippen LogP contribution in [0.2, 0.25) is 5.02 Å². The summed E-state index contributed by atoms with van der Waals surface area (Å²) in [6.07, 6.45) is 1.75. The molecule has 1 N–H and O–H groups in total. The Morgan fingerprint density at radius 1 is 1.12 bits per heavy atom. The standard InChI is InChI=1S/C19H18ClN3S/c1-2-17(12-14-6-4-3-5-7-14)22-23-19-21-18(13-24-19)15-8-10-16(20)11-9-15/h3-11,13H,2,12H2,1H3,(H,21,23)/b22-17-. The topological polar surface area (TPSA) is 37.3 Å². The average molecular weight is 356 g/mol. The first-order valence-electron chi connectivity index (χ1n) is 7.81. The maximum atomic E-state index is 5.92. The van der Waals surface area contributed by atoms with Crippen molar-refractivity contribution in [1.82, 2.24) is 4.98 Å². The van der Waals surface area contributed by atoms with Gasteiger partial charge >= 0.3 is 0 Å². The van der Waals surface area contributed by atoms with Crippen molar-refractivity contribution in [1.29, 1.82) is 0 Å². The first kappa shape index (κ1) is 16.7. The summed E-state index contributed by atoms with van der Waals surface area (Å²) in [6, 6.07) is 18.0. The fraction of sp³-hybridized carbons (Fsp3) is 0.158. The van der Waals surface area contributed by atoms with E-state index in [4.69, 9.17) is 11.6 Å². The predicted octanol–water partition coefficient (Wildman–Crippen LogP) is 5.88. The maximum absolute atomic E-state index is 5.92. The van der Waals surface area contributed by atoms with Gasteiger partial charge in [0.25, 0.3) is 0 Å². The van der Waals surface area contributed by atoms with Gasteiger partial charge in [0.2, 0.25) is 5.13 Å². The molecule has 0 aliphatic carbocycles. The van der Waals surface area contributed by atoms with Crippen molar-refractivity contribution in [2.45, 2.75) is 19.8 Å². The molecule has 0 saturated heterocycles. The first-order chi connectivity index (χ1) is 11.7. The van der Waals surface area contributed by atoms with E-state index in [2.05, 4.69) is 46.7 Å². The van der Waals surface area contributed by atoms with E-state index >= 15 is 0 Å². The van der Waals surface area contributed by atoms with Gasteiger partial charge in [-0.05, 0) is 24.1 Å². The molecular weight excluding hydrogens is 338 g/mol. The van der Waals surface area contributed by atoms with Crippen LogP contribution in [0.25, 0.3) is 11.3 Å². The van der Waals surface area contributed by atoms with Gasteiger partial charge in [-0.1, -0.05) is 61.0 Å². The lowest BCUT2D eigenvalue weighted by molar-refractivity contribution is 1.14. The molecule has 3 nitrogen and oxygen atoms in total. The molecule has 122 valence electrons. The molecule has 24 heavy (non-hydrogen) atoms. The third-order valence-electron chi connectivity index (χ3n) is 3.61. The van der Waals surface area contributed by atoms with Crippen LogP contribution in [0.5, 0.6) is 0 Å². The average Bonchev–Trinajstić information content (AvgIpc) is 3.09. The molecule has 0 amide bonds. The number of rotatable bonds is 6. The van der Waals surface area contributed by atoms with Crippen LogP contribution in [0.1, 0.15) is 18.9 Å². The third-order valence-corrected chi connectivity index (χ3v) is 4.61. The van der Waals surface area contributed by atoms with E-state index in [0.717, 1.165) is 40.0 Å². The van der Waals surface area contributed by atoms with E-state index < -0.39 is 0 Å². The molecule has 0 unspecified atom stereocenters. The van der Waals surface area contributed by atoms with Gasteiger partial charge in [-0.15, -0.1) is 11.3 Å². The van der Waals surface area contributed by atoms with Crippen molar-refractivity contribution >= 4 is 33.8 Å². The molecule has 3 aromatic rings. The van der Waals surface area contributed by atoms with Gasteiger partial charge in [-0.2, -0.15) is 5.10 Å². The quantitative estimate of drug-likeness (QED) is 0.442. The third kappa shape index (κ3) is 4.43. The molecule has 0 saturated carbocycles. The number of nitrogens with zero attached hydrogens (tertiary/aromatic N) is 2. The van der Waals surface area contributed by atoms with Crippen LogP contribution in [0.4, 0.5) is 5.13 Å². The van der Waals surface area contributed by atoms with Crippen molar-refractivity contribution < 1.29 is 0 Å². The zero-order valence-corrected chi connectivity index (χ0v) is 14.9. The minimum atomic E-state index is 0.727. The molecule has 3 rings (SSSR count). The molecule has 5 heteroatoms. The summed E-state index contributed by atoms with van der Waals surface area (Å²) in [7, 11) is 0. The molecular formula is C19H18ClN3S. The van der Waals surface area contributed by atoms with Gasteiger partial charge in [-0.3, -0.25) is 5.43 Å². The van der Waals surface area contributed by atoms with E-state index in [-0.39, 0.29) is 0 Å². The highest BCUT2D eigenvalue weighted by Gasteiger charge is 2.05. The summed E-state index contributed by atoms with van der Waals surface area (Å²) in [5, 5.41) is 8.06. The lowest BCUT2D eigenvalue weighted by Crippen LogP contribution is -2.05. The van der Waals surface area contributed by atoms with E-state index in [9.17, 15) is 0 Å². The summed E-state index contributed by atoms with van der Waals surface area (Å²) in [6.45, 7) is 2.12. The Hall–Kier alpha value is -2.17. The second-order valence-corrected chi connectivity index (χ2v) is 6.65. The summed E-state index contributed by atoms with van der Waals surface area (Å²) < 4.78 is 0. The summed E-state index contributed by atoms with van der Waals surface area (Å²) in [5.74, 6) is 0. The molecule has 0 spiro atoms. The number of hydrogen-bond donors (Lipinski definition) is 1. The zero-order valence-electron chi connectivity index (χ0n) is 13.4. The van der Waals surface area contributed by atoms with Gasteiger partial charge in [0.15, 0.2) is 0 Å². The zero-order chi connectivity index (χ0) is 16.8. The monoisotopic (exact) mass is 355 g/mol. The molecule has 2 aromatic carbocycles. The van der Waals surface area contributed by atoms with Crippen LogP contribution in [0.3, 0.4) is 0 Å². The molecule has 1 aromatic heterocycles. The van der Waals surface area contributed by atoms with Crippen LogP contribution in [-0.4, -0.2) is 10.7 Å². The SMILES string of the molecule is CC/C(Cc1ccccc1)=N/Nc1nc(-c2ccc(Cl)cc2)cs1. The van der Waals surface area contributed by atoms with E-state index in [1.54, 1.807) is 11.3 Å². The number of halogens is 1. The van der Waals surface area contributed by atoms with E-state index in [0.29, 0.717) is 0 Å². The van der Waals surface area contributed by atoms with Crippen molar-refractivity contribution in [3.8, 4) is 11.3 Å². The van der Waals surface area contributed by atoms with Crippen molar-refractivity contribution in [3.05, 3.63) is 70.6 Å². The van der Waals surface area contributed by atoms with Crippen LogP contribution in [-0.2, 0) is 6.42 Å². The van der Waals surface area contributed by atoms with Gasteiger partial charge < -0.3 is 0 Å². The Kier molecular flexibility index (Phi) is 5.62. The predicted molar refractivity (Wildman–Crippen MR) is 104 cm³/mol. The Bertz CT molecular complexity index is 810. The van der Waals surface area contributed by atoms with Crippen molar-refractivity contribution in [2.75, 3.05) is 5.43 Å². The second kappa shape index (κ2) is 8.08. The largest absolute Gasteiger partial charge is 0.253 e. The molecule has 1 heterocycles. The minimum Gasteiger partial charge on any atom is -0.253 e. The normalized spacial score (nSPS) is 11.5. The number of aromatic nitrogens is 1. The molecule has 0 aliphatic heterocycles. The highest BCUT2D eigenvalue weighted by molar-refractivity contribution is 7.14. The van der Waals surface area contributed by atoms with Crippen LogP contribution < -0.4 is 5.43 Å². The van der Waals surface area contributed by atoms with Gasteiger partial charge in [0, 0.05) is 28.1 Å². The number of hydrogen-bond acceptors (Lipinski definition) is 4. The highest BCUT2D eigenvalue weighted by atomic mass is 35.5. The Morgan fingerprint density at radius 2 is 1.88 bits per heavy atom. The van der Waals surface area contributed by atoms with Crippen LogP contribution in [0, 0.1) is 0 Å². The second-order valence-electron chi connectivity index (χ2n) is 5.35. The van der Waals surface area contributed by atoms with E-state index in [1.807, 2.05) is 35.7 Å². The minimum absolute atomic E-state index is 0.727. The van der Waals surface area contributed by atoms with Gasteiger partial charge in [0.1, 0.15) is 0 Å². The summed E-state index contributed by atoms with van der Waals surface area (Å²) >= 11 is 7.47. The number of nitrogens with one attached hydrogen (secondary N) is 1. The van der Waals surface area contributed by atoms with Crippen LogP contribution in [0.15, 0.2) is 65.1 Å². The maximum Gasteiger partial charge on any atom is 0.203 e. The number of thiazole rings is 1. The first-order valence-corrected chi connectivity index (χ1v) is 9.07. The van der Waals surface area contributed by atoms with E-state index in [1.165, 1.54) is 5.56 Å². The molecule has 0 atom stereocenters. The van der Waals surface area contributed by atoms with Gasteiger partial charge in [-0.25, -0.2) is 4.98 Å². The summed E-state index contributed by atoms with van der Waals surface area (Å²) in [5.41, 5.74) is 7.43. The van der Waals surface area contributed by atoms with Crippen molar-refractivity contribution in [3.63, 3.8) is 0 Å². The van der Waals surface area contributed by atoms with Gasteiger partial charge in [0.05, 0.1) is 5.69 Å². The number of anilines is 1. The molecule has 0 radical (unpaired) electrons. The highest BCUT2D eigenvalue weighted by Crippen LogP contribution is 2.26. The fourth-order valence-corrected chi connectivity index (χ4v) is 3.07. The Labute approximate surface area is 151 Å². The lowest BCUT2D eigenvalue weighted by atomic mass is 10.1. The van der Waals surface area contributed by atoms with Crippen LogP contribution >= 0.6 is 22.9 Å². The Morgan fingerprint density at radius 3 is 2.58 bits per heavy atom. The molecule has 0 aliphatic rings. The number of benzene rings is 2. The lowest BCUT2D eigenvalue weighted by Gasteiger charge is -2.04. The smallest absolute Gasteiger partial charge is 0.203 e. The fourth-order valence-electron chi connectivity index (χ4n) is 2.28. The summed E-state index contributed by atoms with van der Waals surface area (Å²) in [4.78, 5) is 4.58. The Balaban J connectivity index is 1.68. The van der Waals surface area contributed by atoms with Crippen molar-refractivity contribution in [2.24, 2.45) is 5.10 Å².